The molecule has 0 spiro atoms. The van der Waals surface area contributed by atoms with E-state index in [1.807, 2.05) is 46.7 Å². The maximum Gasteiger partial charge on any atom is 0.330 e. The average molecular weight is 714 g/mol. The summed E-state index contributed by atoms with van der Waals surface area (Å²) in [5.74, 6) is -1.73. The molecule has 0 radical (unpaired) electrons. The minimum Gasteiger partial charge on any atom is -0.456 e. The van der Waals surface area contributed by atoms with Crippen molar-refractivity contribution in [1.29, 1.82) is 0 Å². The van der Waals surface area contributed by atoms with Crippen molar-refractivity contribution in [2.24, 2.45) is 17.8 Å². The Bertz CT molecular complexity index is 1200. The lowest BCUT2D eigenvalue weighted by Gasteiger charge is -2.43. The van der Waals surface area contributed by atoms with Crippen LogP contribution in [0.2, 0.25) is 0 Å². The molecule has 4 rings (SSSR count). The number of allylic oxidation sites excluding steroid dienone is 1. The summed E-state index contributed by atoms with van der Waals surface area (Å²) >= 11 is 0. The summed E-state index contributed by atoms with van der Waals surface area (Å²) in [6, 6.07) is -0.171. The number of hydrogen-bond donors (Lipinski definition) is 3. The summed E-state index contributed by atoms with van der Waals surface area (Å²) < 4.78 is 47.0. The number of hydrogen-bond acceptors (Lipinski definition) is 14. The fourth-order valence-corrected chi connectivity index (χ4v) is 7.36. The van der Waals surface area contributed by atoms with Crippen molar-refractivity contribution in [2.75, 3.05) is 34.9 Å². The number of epoxide rings is 1. The number of aliphatic hydroxyl groups excluding tert-OH is 2. The fraction of sp³-hybridized carbons (Fsp3) is 0.833. The third-order valence-electron chi connectivity index (χ3n) is 10.6. The number of ether oxygens (including phenoxy) is 8. The molecule has 0 bridgehead atoms. The molecular formula is C36H59NO13. The van der Waals surface area contributed by atoms with Crippen LogP contribution in [0.3, 0.4) is 0 Å². The van der Waals surface area contributed by atoms with Gasteiger partial charge in [0, 0.05) is 38.2 Å². The van der Waals surface area contributed by atoms with Gasteiger partial charge in [0.1, 0.15) is 42.7 Å². The van der Waals surface area contributed by atoms with Crippen LogP contribution in [0.5, 0.6) is 0 Å². The topological polar surface area (TPSA) is 175 Å². The van der Waals surface area contributed by atoms with Crippen LogP contribution in [-0.2, 0) is 47.5 Å². The second-order valence-corrected chi connectivity index (χ2v) is 14.8. The zero-order valence-corrected chi connectivity index (χ0v) is 31.0. The van der Waals surface area contributed by atoms with Crippen molar-refractivity contribution in [3.8, 4) is 0 Å². The van der Waals surface area contributed by atoms with Crippen molar-refractivity contribution < 1.29 is 62.8 Å². The molecule has 3 fully saturated rings. The van der Waals surface area contributed by atoms with Crippen molar-refractivity contribution in [1.82, 2.24) is 4.90 Å². The second-order valence-electron chi connectivity index (χ2n) is 14.8. The Hall–Kier alpha value is -1.82. The van der Waals surface area contributed by atoms with E-state index in [0.29, 0.717) is 12.8 Å². The molecule has 17 atom stereocenters. The minimum absolute atomic E-state index is 0.119. The van der Waals surface area contributed by atoms with Gasteiger partial charge in [0.2, 0.25) is 0 Å². The Kier molecular flexibility index (Phi) is 14.2. The Balaban J connectivity index is 1.57. The lowest BCUT2D eigenvalue weighted by Crippen LogP contribution is -2.60. The van der Waals surface area contributed by atoms with Crippen molar-refractivity contribution in [3.63, 3.8) is 0 Å². The van der Waals surface area contributed by atoms with Gasteiger partial charge in [-0.1, -0.05) is 26.8 Å². The number of ketones is 1. The van der Waals surface area contributed by atoms with Crippen LogP contribution in [0, 0.1) is 17.8 Å². The van der Waals surface area contributed by atoms with Gasteiger partial charge < -0.3 is 58.1 Å². The largest absolute Gasteiger partial charge is 0.456 e. The van der Waals surface area contributed by atoms with Crippen LogP contribution in [0.4, 0.5) is 0 Å². The summed E-state index contributed by atoms with van der Waals surface area (Å²) in [4.78, 5) is 28.5. The third-order valence-corrected chi connectivity index (χ3v) is 10.6. The monoisotopic (exact) mass is 713 g/mol. The van der Waals surface area contributed by atoms with Crippen LogP contribution < -0.4 is 0 Å². The predicted molar refractivity (Wildman–Crippen MR) is 180 cm³/mol. The second kappa shape index (κ2) is 17.3. The number of carbonyl (C=O) groups excluding carboxylic acids is 2. The molecular weight excluding hydrogens is 654 g/mol. The highest BCUT2D eigenvalue weighted by atomic mass is 16.7. The number of nitrogens with zero attached hydrogens (tertiary/aromatic N) is 1. The molecule has 0 aromatic rings. The third kappa shape index (κ3) is 9.39. The highest BCUT2D eigenvalue weighted by Gasteiger charge is 2.58. The van der Waals surface area contributed by atoms with E-state index < -0.39 is 85.7 Å². The van der Waals surface area contributed by atoms with Crippen LogP contribution in [0.25, 0.3) is 0 Å². The first-order valence-electron chi connectivity index (χ1n) is 17.7. The number of carbonyl (C=O) groups is 2. The molecule has 0 amide bonds. The van der Waals surface area contributed by atoms with Crippen molar-refractivity contribution >= 4 is 11.8 Å². The number of esters is 1. The Morgan fingerprint density at radius 3 is 2.18 bits per heavy atom. The van der Waals surface area contributed by atoms with Gasteiger partial charge in [0.05, 0.1) is 24.9 Å². The van der Waals surface area contributed by atoms with E-state index in [9.17, 15) is 24.9 Å². The first-order chi connectivity index (χ1) is 23.5. The Morgan fingerprint density at radius 1 is 0.860 bits per heavy atom. The quantitative estimate of drug-likeness (QED) is 0.243. The molecule has 4 heterocycles. The zero-order valence-electron chi connectivity index (χ0n) is 31.0. The van der Waals surface area contributed by atoms with Crippen LogP contribution in [0.1, 0.15) is 54.4 Å². The van der Waals surface area contributed by atoms with E-state index in [-0.39, 0.29) is 35.7 Å². The number of aliphatic hydroxyl groups is 3. The van der Waals surface area contributed by atoms with Crippen LogP contribution >= 0.6 is 0 Å². The lowest BCUT2D eigenvalue weighted by atomic mass is 9.84. The van der Waals surface area contributed by atoms with E-state index in [1.54, 1.807) is 19.1 Å². The van der Waals surface area contributed by atoms with E-state index in [2.05, 4.69) is 0 Å². The number of rotatable bonds is 8. The molecule has 14 nitrogen and oxygen atoms in total. The highest BCUT2D eigenvalue weighted by Crippen LogP contribution is 2.39. The molecule has 0 aromatic heterocycles. The number of likely N-dealkylation sites (N-methyl/N-ethyl adjacent to an activating group) is 1. The molecule has 2 unspecified atom stereocenters. The summed E-state index contributed by atoms with van der Waals surface area (Å²) in [6.07, 6.45) is -2.27. The Morgan fingerprint density at radius 2 is 1.54 bits per heavy atom. The maximum absolute atomic E-state index is 13.3. The van der Waals surface area contributed by atoms with Crippen molar-refractivity contribution in [2.45, 2.75) is 140 Å². The van der Waals surface area contributed by atoms with Crippen LogP contribution in [-0.4, -0.2) is 152 Å². The van der Waals surface area contributed by atoms with Gasteiger partial charge in [-0.25, -0.2) is 4.79 Å². The summed E-state index contributed by atoms with van der Waals surface area (Å²) in [6.45, 7) is 10.5. The molecule has 3 saturated heterocycles. The highest BCUT2D eigenvalue weighted by molar-refractivity contribution is 5.91. The summed E-state index contributed by atoms with van der Waals surface area (Å²) in [7, 11) is 6.69. The first kappa shape index (κ1) is 40.9. The summed E-state index contributed by atoms with van der Waals surface area (Å²) in [5, 5.41) is 33.8. The molecule has 0 saturated carbocycles. The van der Waals surface area contributed by atoms with E-state index >= 15 is 0 Å². The predicted octanol–water partition coefficient (Wildman–Crippen LogP) is 1.37. The number of methoxy groups -OCH3 is 2. The molecule has 0 aliphatic carbocycles. The molecule has 0 aromatic carbocycles. The van der Waals surface area contributed by atoms with E-state index in [0.717, 1.165) is 0 Å². The van der Waals surface area contributed by atoms with Crippen LogP contribution in [0.15, 0.2) is 24.3 Å². The lowest BCUT2D eigenvalue weighted by molar-refractivity contribution is -0.312. The van der Waals surface area contributed by atoms with Gasteiger partial charge in [-0.15, -0.1) is 0 Å². The van der Waals surface area contributed by atoms with Gasteiger partial charge in [-0.05, 0) is 65.8 Å². The zero-order chi connectivity index (χ0) is 37.1. The van der Waals surface area contributed by atoms with Gasteiger partial charge in [0.25, 0.3) is 0 Å². The molecule has 3 N–H and O–H groups in total. The normalized spacial score (nSPS) is 46.4. The smallest absolute Gasteiger partial charge is 0.330 e. The SMILES string of the molecule is CO[C@@H]1[C@H](OC[C@]2(O)[C@H](C)OC(=O)C=C[C@H](C)[C@@H](O[C@@H]3O[C@H](C)C[C@H](N(C)C)C3O)[C@H](C)C[C@@H](C)C(=O)C=C[C@@H]3O[C@@H]32)OC(C)[C@H](O)[C@@H]1OC. The fourth-order valence-electron chi connectivity index (χ4n) is 7.36. The molecule has 4 aliphatic rings. The maximum atomic E-state index is 13.3. The Labute approximate surface area is 295 Å². The first-order valence-corrected chi connectivity index (χ1v) is 17.7. The van der Waals surface area contributed by atoms with Gasteiger partial charge in [-0.2, -0.15) is 0 Å². The van der Waals surface area contributed by atoms with E-state index in [4.69, 9.17) is 37.9 Å². The standard InChI is InChI=1S/C36H59NO13/c1-18-11-14-27(39)48-23(6)36(42,17-45-35-32(44-10)31(43-9)28(40)22(5)47-35)33-26(49-33)13-12-25(38)19(2)15-20(3)30(18)50-34-29(41)24(37(7)8)16-21(4)46-34/h11-14,18-24,26,28-35,40-42H,15-17H2,1-10H3/t18-,19+,20+,21+,22?,23-,24-,26-,28-,29?,30+,31-,32-,33-,34-,35+,36-/m0/s1. The van der Waals surface area contributed by atoms with E-state index in [1.165, 1.54) is 33.3 Å². The number of cyclic esters (lactones) is 1. The minimum atomic E-state index is -1.87. The molecule has 4 aliphatic heterocycles. The van der Waals surface area contributed by atoms with Gasteiger partial charge in [0.15, 0.2) is 24.0 Å². The summed E-state index contributed by atoms with van der Waals surface area (Å²) in [5.41, 5.74) is -1.87. The van der Waals surface area contributed by atoms with Crippen molar-refractivity contribution in [3.05, 3.63) is 24.3 Å². The van der Waals surface area contributed by atoms with Gasteiger partial charge >= 0.3 is 5.97 Å². The average Bonchev–Trinajstić information content (AvgIpc) is 3.86. The molecule has 14 heteroatoms. The molecule has 50 heavy (non-hydrogen) atoms. The van der Waals surface area contributed by atoms with Gasteiger partial charge in [-0.3, -0.25) is 4.79 Å². The molecule has 286 valence electrons. The number of fused-ring (bicyclic) bond motifs is 1.